The summed E-state index contributed by atoms with van der Waals surface area (Å²) in [5.74, 6) is 0.634. The number of carbonyl (C=O) groups is 1. The molecule has 1 aliphatic carbocycles. The molecule has 3 nitrogen and oxygen atoms in total. The van der Waals surface area contributed by atoms with Crippen molar-refractivity contribution < 1.29 is 4.79 Å². The summed E-state index contributed by atoms with van der Waals surface area (Å²) < 4.78 is 1.93. The van der Waals surface area contributed by atoms with E-state index in [-0.39, 0.29) is 0 Å². The fourth-order valence-electron chi connectivity index (χ4n) is 1.72. The van der Waals surface area contributed by atoms with Gasteiger partial charge < -0.3 is 4.40 Å². The lowest BCUT2D eigenvalue weighted by atomic mass is 10.3. The Morgan fingerprint density at radius 3 is 3.07 bits per heavy atom. The minimum absolute atomic E-state index is 0.634. The lowest BCUT2D eigenvalue weighted by Gasteiger charge is -1.93. The van der Waals surface area contributed by atoms with E-state index in [0.717, 1.165) is 17.6 Å². The maximum Gasteiger partial charge on any atom is 0.153 e. The molecule has 2 aromatic rings. The van der Waals surface area contributed by atoms with Gasteiger partial charge in [-0.3, -0.25) is 4.79 Å². The molecule has 70 valence electrons. The second-order valence-electron chi connectivity index (χ2n) is 3.75. The lowest BCUT2D eigenvalue weighted by Crippen LogP contribution is -1.88. The number of hydrogen-bond donors (Lipinski definition) is 0. The highest BCUT2D eigenvalue weighted by atomic mass is 16.1. The van der Waals surface area contributed by atoms with Crippen molar-refractivity contribution in [2.45, 2.75) is 18.8 Å². The van der Waals surface area contributed by atoms with Crippen molar-refractivity contribution in [3.8, 4) is 0 Å². The van der Waals surface area contributed by atoms with Gasteiger partial charge in [0.2, 0.25) is 0 Å². The number of aldehydes is 1. The van der Waals surface area contributed by atoms with Crippen LogP contribution in [0, 0.1) is 0 Å². The summed E-state index contributed by atoms with van der Waals surface area (Å²) in [5, 5.41) is 0. The topological polar surface area (TPSA) is 34.4 Å². The predicted octanol–water partition coefficient (Wildman–Crippen LogP) is 2.02. The monoisotopic (exact) mass is 186 g/mol. The first-order valence-corrected chi connectivity index (χ1v) is 4.81. The van der Waals surface area contributed by atoms with Crippen molar-refractivity contribution in [1.29, 1.82) is 0 Å². The summed E-state index contributed by atoms with van der Waals surface area (Å²) in [5.41, 5.74) is 2.57. The lowest BCUT2D eigenvalue weighted by molar-refractivity contribution is 0.112. The van der Waals surface area contributed by atoms with Crippen molar-refractivity contribution in [3.63, 3.8) is 0 Å². The first-order valence-electron chi connectivity index (χ1n) is 4.81. The highest BCUT2D eigenvalue weighted by Gasteiger charge is 2.26. The average Bonchev–Trinajstić information content (AvgIpc) is 2.97. The Hall–Kier alpha value is -1.64. The standard InChI is InChI=1S/C11H10N2O/c14-7-9-2-1-5-13-6-10(8-3-4-8)12-11(9)13/h1-2,5-8H,3-4H2. The van der Waals surface area contributed by atoms with Crippen LogP contribution in [0.5, 0.6) is 0 Å². The van der Waals surface area contributed by atoms with Crippen molar-refractivity contribution in [2.75, 3.05) is 0 Å². The van der Waals surface area contributed by atoms with Gasteiger partial charge in [-0.15, -0.1) is 0 Å². The number of nitrogens with zero attached hydrogens (tertiary/aromatic N) is 2. The molecule has 1 saturated carbocycles. The van der Waals surface area contributed by atoms with Crippen molar-refractivity contribution in [2.24, 2.45) is 0 Å². The van der Waals surface area contributed by atoms with E-state index in [4.69, 9.17) is 0 Å². The molecule has 3 rings (SSSR count). The van der Waals surface area contributed by atoms with Crippen molar-refractivity contribution in [3.05, 3.63) is 35.8 Å². The van der Waals surface area contributed by atoms with Crippen LogP contribution in [-0.4, -0.2) is 15.7 Å². The molecular formula is C11H10N2O. The smallest absolute Gasteiger partial charge is 0.153 e. The third-order valence-electron chi connectivity index (χ3n) is 2.65. The van der Waals surface area contributed by atoms with Crippen LogP contribution < -0.4 is 0 Å². The maximum absolute atomic E-state index is 10.8. The molecule has 2 aromatic heterocycles. The second-order valence-corrected chi connectivity index (χ2v) is 3.75. The van der Waals surface area contributed by atoms with Crippen LogP contribution in [0.1, 0.15) is 34.8 Å². The third-order valence-corrected chi connectivity index (χ3v) is 2.65. The molecule has 0 saturated heterocycles. The third kappa shape index (κ3) is 1.05. The zero-order valence-electron chi connectivity index (χ0n) is 7.68. The van der Waals surface area contributed by atoms with Crippen LogP contribution in [0.4, 0.5) is 0 Å². The van der Waals surface area contributed by atoms with E-state index in [1.54, 1.807) is 6.07 Å². The molecule has 2 heterocycles. The van der Waals surface area contributed by atoms with Gasteiger partial charge in [0.15, 0.2) is 6.29 Å². The molecule has 3 heteroatoms. The zero-order valence-corrected chi connectivity index (χ0v) is 7.68. The Balaban J connectivity index is 2.25. The molecule has 0 bridgehead atoms. The van der Waals surface area contributed by atoms with E-state index in [1.165, 1.54) is 12.8 Å². The molecule has 0 radical (unpaired) electrons. The molecule has 0 N–H and O–H groups in total. The van der Waals surface area contributed by atoms with Crippen molar-refractivity contribution >= 4 is 11.9 Å². The van der Waals surface area contributed by atoms with Crippen LogP contribution in [0.2, 0.25) is 0 Å². The summed E-state index contributed by atoms with van der Waals surface area (Å²) in [6, 6.07) is 3.67. The SMILES string of the molecule is O=Cc1cccn2cc(C3CC3)nc12. The Labute approximate surface area is 81.4 Å². The summed E-state index contributed by atoms with van der Waals surface area (Å²) in [4.78, 5) is 15.2. The fourth-order valence-corrected chi connectivity index (χ4v) is 1.72. The van der Waals surface area contributed by atoms with Gasteiger partial charge in [0, 0.05) is 18.3 Å². The molecule has 0 aromatic carbocycles. The minimum Gasteiger partial charge on any atom is -0.306 e. The van der Waals surface area contributed by atoms with Crippen LogP contribution in [0.15, 0.2) is 24.5 Å². The number of imidazole rings is 1. The molecule has 1 fully saturated rings. The van der Waals surface area contributed by atoms with E-state index in [9.17, 15) is 4.79 Å². The molecule has 0 unspecified atom stereocenters. The van der Waals surface area contributed by atoms with Crippen LogP contribution in [0.3, 0.4) is 0 Å². The number of pyridine rings is 1. The van der Waals surface area contributed by atoms with E-state index in [1.807, 2.05) is 22.9 Å². The highest BCUT2D eigenvalue weighted by Crippen LogP contribution is 2.39. The largest absolute Gasteiger partial charge is 0.306 e. The Kier molecular flexibility index (Phi) is 1.48. The van der Waals surface area contributed by atoms with Gasteiger partial charge in [-0.05, 0) is 25.0 Å². The molecule has 1 aliphatic rings. The normalized spacial score (nSPS) is 16.0. The van der Waals surface area contributed by atoms with E-state index in [0.29, 0.717) is 11.5 Å². The Morgan fingerprint density at radius 2 is 2.36 bits per heavy atom. The van der Waals surface area contributed by atoms with Crippen LogP contribution >= 0.6 is 0 Å². The number of carbonyl (C=O) groups excluding carboxylic acids is 1. The second kappa shape index (κ2) is 2.67. The number of hydrogen-bond acceptors (Lipinski definition) is 2. The number of aromatic nitrogens is 2. The molecule has 0 spiro atoms. The van der Waals surface area contributed by atoms with Crippen molar-refractivity contribution in [1.82, 2.24) is 9.38 Å². The summed E-state index contributed by atoms with van der Waals surface area (Å²) in [6.07, 6.45) is 7.29. The van der Waals surface area contributed by atoms with Crippen LogP contribution in [-0.2, 0) is 0 Å². The quantitative estimate of drug-likeness (QED) is 0.672. The molecular weight excluding hydrogens is 176 g/mol. The fraction of sp³-hybridized carbons (Fsp3) is 0.273. The van der Waals surface area contributed by atoms with E-state index in [2.05, 4.69) is 4.98 Å². The number of fused-ring (bicyclic) bond motifs is 1. The highest BCUT2D eigenvalue weighted by molar-refractivity contribution is 5.84. The first kappa shape index (κ1) is 7.74. The maximum atomic E-state index is 10.8. The molecule has 14 heavy (non-hydrogen) atoms. The average molecular weight is 186 g/mol. The molecule has 0 aliphatic heterocycles. The minimum atomic E-state index is 0.634. The van der Waals surface area contributed by atoms with Crippen LogP contribution in [0.25, 0.3) is 5.65 Å². The van der Waals surface area contributed by atoms with Gasteiger partial charge in [0.05, 0.1) is 11.3 Å². The van der Waals surface area contributed by atoms with Gasteiger partial charge in [-0.1, -0.05) is 0 Å². The van der Waals surface area contributed by atoms with Gasteiger partial charge in [-0.2, -0.15) is 0 Å². The van der Waals surface area contributed by atoms with Gasteiger partial charge in [0.25, 0.3) is 0 Å². The summed E-state index contributed by atoms with van der Waals surface area (Å²) in [6.45, 7) is 0. The Bertz CT molecular complexity index is 497. The Morgan fingerprint density at radius 1 is 1.50 bits per heavy atom. The first-order chi connectivity index (χ1) is 6.88. The number of rotatable bonds is 2. The summed E-state index contributed by atoms with van der Waals surface area (Å²) in [7, 11) is 0. The van der Waals surface area contributed by atoms with E-state index >= 15 is 0 Å². The molecule has 0 amide bonds. The summed E-state index contributed by atoms with van der Waals surface area (Å²) >= 11 is 0. The van der Waals surface area contributed by atoms with Gasteiger partial charge in [0.1, 0.15) is 5.65 Å². The predicted molar refractivity (Wildman–Crippen MR) is 52.6 cm³/mol. The van der Waals surface area contributed by atoms with E-state index < -0.39 is 0 Å². The zero-order chi connectivity index (χ0) is 9.54. The van der Waals surface area contributed by atoms with Gasteiger partial charge >= 0.3 is 0 Å². The molecule has 0 atom stereocenters. The van der Waals surface area contributed by atoms with Gasteiger partial charge in [-0.25, -0.2) is 4.98 Å².